The second-order valence-electron chi connectivity index (χ2n) is 4.65. The summed E-state index contributed by atoms with van der Waals surface area (Å²) in [4.78, 5) is -0.167. The maximum absolute atomic E-state index is 6.40. The molecule has 2 aliphatic rings. The average molecular weight is 290 g/mol. The van der Waals surface area contributed by atoms with E-state index in [1.807, 2.05) is 24.3 Å². The molecule has 0 bridgehead atoms. The Kier molecular flexibility index (Phi) is 2.71. The second kappa shape index (κ2) is 3.89. The van der Waals surface area contributed by atoms with E-state index >= 15 is 0 Å². The van der Waals surface area contributed by atoms with E-state index in [-0.39, 0.29) is 10.5 Å². The monoisotopic (exact) mass is 288 g/mol. The Hall–Kier alpha value is -0.210. The summed E-state index contributed by atoms with van der Waals surface area (Å²) in [7, 11) is 0. The van der Waals surface area contributed by atoms with Gasteiger partial charge in [-0.1, -0.05) is 35.3 Å². The lowest BCUT2D eigenvalue weighted by atomic mass is 10.0. The fourth-order valence-corrected chi connectivity index (χ4v) is 2.53. The number of halogens is 3. The van der Waals surface area contributed by atoms with E-state index < -0.39 is 0 Å². The first-order chi connectivity index (χ1) is 8.05. The summed E-state index contributed by atoms with van der Waals surface area (Å²) in [5.74, 6) is 0. The summed E-state index contributed by atoms with van der Waals surface area (Å²) in [6, 6.07) is 5.55. The molecule has 0 radical (unpaired) electrons. The van der Waals surface area contributed by atoms with Crippen LogP contribution in [0.15, 0.2) is 24.3 Å². The summed E-state index contributed by atoms with van der Waals surface area (Å²) < 4.78 is 5.52. The normalized spacial score (nSPS) is 29.6. The van der Waals surface area contributed by atoms with Crippen molar-refractivity contribution in [3.63, 3.8) is 0 Å². The van der Waals surface area contributed by atoms with Gasteiger partial charge in [-0.05, 0) is 36.6 Å². The number of epoxide rings is 1. The minimum Gasteiger partial charge on any atom is -0.363 e. The molecule has 17 heavy (non-hydrogen) atoms. The predicted octanol–water partition coefficient (Wildman–Crippen LogP) is 4.55. The zero-order chi connectivity index (χ0) is 12.1. The van der Waals surface area contributed by atoms with E-state index in [4.69, 9.17) is 39.5 Å². The largest absolute Gasteiger partial charge is 0.363 e. The highest BCUT2D eigenvalue weighted by molar-refractivity contribution is 6.42. The minimum atomic E-state index is -0.249. The van der Waals surface area contributed by atoms with Crippen LogP contribution in [0.4, 0.5) is 0 Å². The van der Waals surface area contributed by atoms with Crippen molar-refractivity contribution in [2.24, 2.45) is 0 Å². The van der Waals surface area contributed by atoms with Crippen molar-refractivity contribution in [3.8, 4) is 0 Å². The Labute approximate surface area is 115 Å². The Morgan fingerprint density at radius 3 is 2.41 bits per heavy atom. The van der Waals surface area contributed by atoms with E-state index in [0.29, 0.717) is 16.7 Å². The van der Waals surface area contributed by atoms with Gasteiger partial charge in [-0.3, -0.25) is 0 Å². The fraction of sp³-hybridized carbons (Fsp3) is 0.385. The molecule has 0 spiro atoms. The molecular weight excluding hydrogens is 279 g/mol. The molecule has 2 fully saturated rings. The van der Waals surface area contributed by atoms with Crippen LogP contribution in [0.3, 0.4) is 0 Å². The van der Waals surface area contributed by atoms with Crippen LogP contribution in [-0.4, -0.2) is 17.1 Å². The Bertz CT molecular complexity index is 487. The highest BCUT2D eigenvalue weighted by atomic mass is 35.5. The van der Waals surface area contributed by atoms with E-state index in [1.165, 1.54) is 0 Å². The zero-order valence-electron chi connectivity index (χ0n) is 9.05. The van der Waals surface area contributed by atoms with Gasteiger partial charge < -0.3 is 4.74 Å². The molecule has 0 amide bonds. The molecular formula is C13H11Cl3O. The van der Waals surface area contributed by atoms with Crippen molar-refractivity contribution < 1.29 is 4.74 Å². The first kappa shape index (κ1) is 11.9. The Balaban J connectivity index is 1.81. The third kappa shape index (κ3) is 2.10. The fourth-order valence-electron chi connectivity index (χ4n) is 1.96. The topological polar surface area (TPSA) is 12.5 Å². The maximum atomic E-state index is 6.40. The van der Waals surface area contributed by atoms with Gasteiger partial charge in [0.15, 0.2) is 0 Å². The van der Waals surface area contributed by atoms with Crippen molar-refractivity contribution in [3.05, 3.63) is 39.9 Å². The smallest absolute Gasteiger partial charge is 0.129 e. The molecule has 1 aliphatic heterocycles. The van der Waals surface area contributed by atoms with Crippen LogP contribution in [0, 0.1) is 0 Å². The molecule has 4 heteroatoms. The van der Waals surface area contributed by atoms with Crippen LogP contribution in [0.5, 0.6) is 0 Å². The molecule has 1 nitrogen and oxygen atoms in total. The SMILES string of the molecule is Clc1ccc(C=CC2(C3(Cl)CC3)CO2)cc1Cl. The second-order valence-corrected chi connectivity index (χ2v) is 6.19. The third-order valence-electron chi connectivity index (χ3n) is 3.39. The molecule has 1 aromatic rings. The van der Waals surface area contributed by atoms with Crippen molar-refractivity contribution in [2.45, 2.75) is 23.3 Å². The van der Waals surface area contributed by atoms with Gasteiger partial charge in [0, 0.05) is 0 Å². The highest BCUT2D eigenvalue weighted by Gasteiger charge is 2.65. The Morgan fingerprint density at radius 1 is 1.18 bits per heavy atom. The lowest BCUT2D eigenvalue weighted by molar-refractivity contribution is 0.335. The first-order valence-corrected chi connectivity index (χ1v) is 6.65. The van der Waals surface area contributed by atoms with E-state index in [1.54, 1.807) is 6.07 Å². The number of hydrogen-bond acceptors (Lipinski definition) is 1. The zero-order valence-corrected chi connectivity index (χ0v) is 11.3. The minimum absolute atomic E-state index is 0.167. The van der Waals surface area contributed by atoms with Gasteiger partial charge in [-0.25, -0.2) is 0 Å². The van der Waals surface area contributed by atoms with Crippen molar-refractivity contribution in [2.75, 3.05) is 6.61 Å². The number of alkyl halides is 1. The van der Waals surface area contributed by atoms with Crippen LogP contribution in [-0.2, 0) is 4.74 Å². The number of ether oxygens (including phenoxy) is 1. The average Bonchev–Trinajstić information content (AvgIpc) is 3.17. The quantitative estimate of drug-likeness (QED) is 0.587. The summed E-state index contributed by atoms with van der Waals surface area (Å²) in [6.07, 6.45) is 6.10. The highest BCUT2D eigenvalue weighted by Crippen LogP contribution is 2.59. The van der Waals surface area contributed by atoms with Gasteiger partial charge in [-0.15, -0.1) is 11.6 Å². The molecule has 1 saturated carbocycles. The van der Waals surface area contributed by atoms with Gasteiger partial charge in [0.2, 0.25) is 0 Å². The van der Waals surface area contributed by atoms with E-state index in [0.717, 1.165) is 18.4 Å². The van der Waals surface area contributed by atoms with Gasteiger partial charge in [0.25, 0.3) is 0 Å². The van der Waals surface area contributed by atoms with Crippen LogP contribution < -0.4 is 0 Å². The van der Waals surface area contributed by atoms with Crippen LogP contribution in [0.2, 0.25) is 10.0 Å². The maximum Gasteiger partial charge on any atom is 0.129 e. The van der Waals surface area contributed by atoms with Gasteiger partial charge in [0.1, 0.15) is 5.60 Å². The lowest BCUT2D eigenvalue weighted by Gasteiger charge is -2.11. The van der Waals surface area contributed by atoms with Crippen LogP contribution in [0.25, 0.3) is 6.08 Å². The molecule has 1 saturated heterocycles. The summed E-state index contributed by atoms with van der Waals surface area (Å²) in [5.41, 5.74) is 0.760. The summed E-state index contributed by atoms with van der Waals surface area (Å²) >= 11 is 18.2. The number of rotatable bonds is 3. The number of benzene rings is 1. The van der Waals surface area contributed by atoms with Gasteiger partial charge in [-0.2, -0.15) is 0 Å². The summed E-state index contributed by atoms with van der Waals surface area (Å²) in [5, 5.41) is 1.13. The molecule has 1 aromatic carbocycles. The van der Waals surface area contributed by atoms with Gasteiger partial charge in [0.05, 0.1) is 21.5 Å². The third-order valence-corrected chi connectivity index (χ3v) is 4.83. The van der Waals surface area contributed by atoms with Crippen molar-refractivity contribution >= 4 is 40.9 Å². The molecule has 1 atom stereocenters. The van der Waals surface area contributed by atoms with Crippen molar-refractivity contribution in [1.29, 1.82) is 0 Å². The molecule has 1 heterocycles. The molecule has 1 unspecified atom stereocenters. The number of hydrogen-bond donors (Lipinski definition) is 0. The Morgan fingerprint density at radius 2 is 1.88 bits per heavy atom. The standard InChI is InChI=1S/C13H11Cl3O/c14-10-2-1-9(7-11(10)15)3-4-13(8-17-13)12(16)5-6-12/h1-4,7H,5-6,8H2. The summed E-state index contributed by atoms with van der Waals surface area (Å²) in [6.45, 7) is 0.717. The van der Waals surface area contributed by atoms with E-state index in [2.05, 4.69) is 0 Å². The molecule has 3 rings (SSSR count). The van der Waals surface area contributed by atoms with Crippen molar-refractivity contribution in [1.82, 2.24) is 0 Å². The molecule has 0 aromatic heterocycles. The van der Waals surface area contributed by atoms with Crippen LogP contribution >= 0.6 is 34.8 Å². The molecule has 90 valence electrons. The molecule has 1 aliphatic carbocycles. The molecule has 0 N–H and O–H groups in total. The first-order valence-electron chi connectivity index (χ1n) is 5.52. The van der Waals surface area contributed by atoms with Gasteiger partial charge >= 0.3 is 0 Å². The van der Waals surface area contributed by atoms with Crippen LogP contribution in [0.1, 0.15) is 18.4 Å². The van der Waals surface area contributed by atoms with E-state index in [9.17, 15) is 0 Å². The lowest BCUT2D eigenvalue weighted by Crippen LogP contribution is -2.23. The predicted molar refractivity (Wildman–Crippen MR) is 72.0 cm³/mol.